The van der Waals surface area contributed by atoms with Crippen LogP contribution in [0.15, 0.2) is 48.8 Å². The molecule has 1 unspecified atom stereocenters. The predicted molar refractivity (Wildman–Crippen MR) is 108 cm³/mol. The van der Waals surface area contributed by atoms with Crippen LogP contribution in [0.1, 0.15) is 40.0 Å². The molecule has 1 N–H and O–H groups in total. The SMILES string of the molecule is CC1(C(=O)O)C[C@@]2(C)C[C@@](C)(C1)C(=O)N(c1ccc(-c3ccncc3)cc1)C2=O. The molecule has 3 atom stereocenters. The third-order valence-electron chi connectivity index (χ3n) is 6.44. The van der Waals surface area contributed by atoms with Crippen molar-refractivity contribution in [2.45, 2.75) is 40.0 Å². The predicted octanol–water partition coefficient (Wildman–Crippen LogP) is 3.91. The lowest BCUT2D eigenvalue weighted by atomic mass is 9.52. The Morgan fingerprint density at radius 1 is 0.862 bits per heavy atom. The van der Waals surface area contributed by atoms with Crippen molar-refractivity contribution in [3.8, 4) is 11.1 Å². The molecular formula is C23H24N2O4. The maximum absolute atomic E-state index is 13.4. The average molecular weight is 392 g/mol. The van der Waals surface area contributed by atoms with Gasteiger partial charge in [-0.05, 0) is 61.6 Å². The molecule has 1 aromatic heterocycles. The van der Waals surface area contributed by atoms with Crippen molar-refractivity contribution in [2.24, 2.45) is 16.2 Å². The Morgan fingerprint density at radius 3 is 1.83 bits per heavy atom. The highest BCUT2D eigenvalue weighted by atomic mass is 16.4. The van der Waals surface area contributed by atoms with Crippen LogP contribution in [0.4, 0.5) is 5.69 Å². The Labute approximate surface area is 169 Å². The molecule has 2 bridgehead atoms. The number of piperidine rings is 1. The lowest BCUT2D eigenvalue weighted by molar-refractivity contribution is -0.167. The van der Waals surface area contributed by atoms with Gasteiger partial charge in [0.1, 0.15) is 0 Å². The van der Waals surface area contributed by atoms with Gasteiger partial charge < -0.3 is 5.11 Å². The van der Waals surface area contributed by atoms with Crippen molar-refractivity contribution in [2.75, 3.05) is 4.90 Å². The fourth-order valence-corrected chi connectivity index (χ4v) is 5.44. The highest BCUT2D eigenvalue weighted by Gasteiger charge is 2.63. The van der Waals surface area contributed by atoms with Crippen LogP contribution in [0.3, 0.4) is 0 Å². The fourth-order valence-electron chi connectivity index (χ4n) is 5.44. The highest BCUT2D eigenvalue weighted by molar-refractivity contribution is 6.20. The third kappa shape index (κ3) is 2.94. The number of amides is 2. The second kappa shape index (κ2) is 6.24. The van der Waals surface area contributed by atoms with Gasteiger partial charge in [0.25, 0.3) is 0 Å². The van der Waals surface area contributed by atoms with Gasteiger partial charge >= 0.3 is 5.97 Å². The molecule has 29 heavy (non-hydrogen) atoms. The maximum Gasteiger partial charge on any atom is 0.309 e. The topological polar surface area (TPSA) is 87.6 Å². The third-order valence-corrected chi connectivity index (χ3v) is 6.44. The largest absolute Gasteiger partial charge is 0.481 e. The van der Waals surface area contributed by atoms with E-state index in [1.165, 1.54) is 4.90 Å². The number of aromatic nitrogens is 1. The first kappa shape index (κ1) is 19.3. The minimum atomic E-state index is -1.09. The van der Waals surface area contributed by atoms with Crippen LogP contribution in [-0.2, 0) is 14.4 Å². The number of fused-ring (bicyclic) bond motifs is 2. The van der Waals surface area contributed by atoms with E-state index in [-0.39, 0.29) is 24.7 Å². The van der Waals surface area contributed by atoms with Gasteiger partial charge in [-0.15, -0.1) is 0 Å². The van der Waals surface area contributed by atoms with E-state index >= 15 is 0 Å². The summed E-state index contributed by atoms with van der Waals surface area (Å²) in [5, 5.41) is 9.74. The van der Waals surface area contributed by atoms with Crippen LogP contribution < -0.4 is 4.90 Å². The Morgan fingerprint density at radius 2 is 1.34 bits per heavy atom. The first-order valence-corrected chi connectivity index (χ1v) is 9.71. The van der Waals surface area contributed by atoms with E-state index in [9.17, 15) is 19.5 Å². The number of benzene rings is 1. The van der Waals surface area contributed by atoms with Crippen LogP contribution in [0.25, 0.3) is 11.1 Å². The number of carboxylic acids is 1. The Kier molecular flexibility index (Phi) is 4.15. The standard InChI is InChI=1S/C23H24N2O4/c1-21-12-22(2,14-23(3,13-21)20(28)29)19(27)25(18(21)26)17-6-4-15(5-7-17)16-8-10-24-11-9-16/h4-11H,12-14H2,1-3H3,(H,28,29)/t21-,22+,23?. The van der Waals surface area contributed by atoms with Crippen LogP contribution in [-0.4, -0.2) is 27.9 Å². The molecule has 2 heterocycles. The van der Waals surface area contributed by atoms with Crippen molar-refractivity contribution >= 4 is 23.5 Å². The summed E-state index contributed by atoms with van der Waals surface area (Å²) in [5.74, 6) is -1.59. The summed E-state index contributed by atoms with van der Waals surface area (Å²) in [6.07, 6.45) is 4.25. The van der Waals surface area contributed by atoms with Gasteiger partial charge in [-0.3, -0.25) is 19.4 Å². The first-order valence-electron chi connectivity index (χ1n) is 9.71. The number of carboxylic acid groups (broad SMARTS) is 1. The quantitative estimate of drug-likeness (QED) is 0.800. The molecule has 6 nitrogen and oxygen atoms in total. The van der Waals surface area contributed by atoms with Crippen molar-refractivity contribution < 1.29 is 19.5 Å². The molecule has 0 spiro atoms. The van der Waals surface area contributed by atoms with Crippen LogP contribution in [0.5, 0.6) is 0 Å². The number of anilines is 1. The summed E-state index contributed by atoms with van der Waals surface area (Å²) in [5.41, 5.74) is -0.395. The number of nitrogens with zero attached hydrogens (tertiary/aromatic N) is 2. The molecule has 1 aliphatic heterocycles. The number of pyridine rings is 1. The molecule has 1 aromatic carbocycles. The van der Waals surface area contributed by atoms with Crippen LogP contribution in [0, 0.1) is 16.2 Å². The Balaban J connectivity index is 1.72. The Bertz CT molecular complexity index is 971. The molecule has 0 radical (unpaired) electrons. The molecular weight excluding hydrogens is 368 g/mol. The molecule has 2 aromatic rings. The lowest BCUT2D eigenvalue weighted by Gasteiger charge is -2.55. The zero-order valence-electron chi connectivity index (χ0n) is 16.8. The molecule has 4 rings (SSSR count). The van der Waals surface area contributed by atoms with Gasteiger partial charge in [0, 0.05) is 23.2 Å². The zero-order valence-corrected chi connectivity index (χ0v) is 16.8. The number of hydrogen-bond donors (Lipinski definition) is 1. The molecule has 1 saturated carbocycles. The normalized spacial score (nSPS) is 31.6. The number of rotatable bonds is 3. The summed E-state index contributed by atoms with van der Waals surface area (Å²) in [7, 11) is 0. The number of hydrogen-bond acceptors (Lipinski definition) is 4. The monoisotopic (exact) mass is 392 g/mol. The summed E-state index contributed by atoms with van der Waals surface area (Å²) < 4.78 is 0. The summed E-state index contributed by atoms with van der Waals surface area (Å²) in [6, 6.07) is 11.1. The second-order valence-electron chi connectivity index (χ2n) is 9.25. The first-order chi connectivity index (χ1) is 13.6. The van der Waals surface area contributed by atoms with Crippen molar-refractivity contribution in [1.82, 2.24) is 4.98 Å². The van der Waals surface area contributed by atoms with Crippen LogP contribution >= 0.6 is 0 Å². The molecule has 2 fully saturated rings. The van der Waals surface area contributed by atoms with Gasteiger partial charge in [-0.2, -0.15) is 0 Å². The van der Waals surface area contributed by atoms with Gasteiger partial charge in [-0.25, -0.2) is 4.90 Å². The molecule has 2 amide bonds. The summed E-state index contributed by atoms with van der Waals surface area (Å²) >= 11 is 0. The van der Waals surface area contributed by atoms with Crippen molar-refractivity contribution in [3.05, 3.63) is 48.8 Å². The number of carbonyl (C=O) groups is 3. The minimum absolute atomic E-state index is 0.225. The highest BCUT2D eigenvalue weighted by Crippen LogP contribution is 2.59. The molecule has 150 valence electrons. The maximum atomic E-state index is 13.4. The molecule has 6 heteroatoms. The number of imide groups is 1. The molecule has 2 aliphatic rings. The minimum Gasteiger partial charge on any atom is -0.481 e. The van der Waals surface area contributed by atoms with Gasteiger partial charge in [0.15, 0.2) is 0 Å². The number of carbonyl (C=O) groups excluding carboxylic acids is 2. The van der Waals surface area contributed by atoms with E-state index in [1.54, 1.807) is 45.3 Å². The van der Waals surface area contributed by atoms with Gasteiger partial charge in [0.05, 0.1) is 11.1 Å². The smallest absolute Gasteiger partial charge is 0.309 e. The summed E-state index contributed by atoms with van der Waals surface area (Å²) in [4.78, 5) is 43.9. The fraction of sp³-hybridized carbons (Fsp3) is 0.391. The van der Waals surface area contributed by atoms with E-state index in [0.29, 0.717) is 12.1 Å². The van der Waals surface area contributed by atoms with Crippen molar-refractivity contribution in [1.29, 1.82) is 0 Å². The lowest BCUT2D eigenvalue weighted by Crippen LogP contribution is -2.64. The van der Waals surface area contributed by atoms with Gasteiger partial charge in [0.2, 0.25) is 11.8 Å². The van der Waals surface area contributed by atoms with E-state index in [4.69, 9.17) is 0 Å². The number of aliphatic carboxylic acids is 1. The van der Waals surface area contributed by atoms with Gasteiger partial charge in [-0.1, -0.05) is 26.0 Å². The molecule has 1 saturated heterocycles. The summed E-state index contributed by atoms with van der Waals surface area (Å²) in [6.45, 7) is 5.22. The van der Waals surface area contributed by atoms with E-state index in [1.807, 2.05) is 24.3 Å². The van der Waals surface area contributed by atoms with Crippen molar-refractivity contribution in [3.63, 3.8) is 0 Å². The van der Waals surface area contributed by atoms with E-state index in [2.05, 4.69) is 4.98 Å². The van der Waals surface area contributed by atoms with Crippen LogP contribution in [0.2, 0.25) is 0 Å². The average Bonchev–Trinajstić information content (AvgIpc) is 2.67. The Hall–Kier alpha value is -3.02. The van der Waals surface area contributed by atoms with E-state index in [0.717, 1.165) is 11.1 Å². The van der Waals surface area contributed by atoms with E-state index < -0.39 is 22.2 Å². The zero-order chi connectivity index (χ0) is 21.0. The second-order valence-corrected chi connectivity index (χ2v) is 9.25. The molecule has 1 aliphatic carbocycles.